The van der Waals surface area contributed by atoms with Gasteiger partial charge in [-0.3, -0.25) is 0 Å². The molecule has 0 amide bonds. The highest BCUT2D eigenvalue weighted by atomic mass is 32.1. The molecule has 0 unspecified atom stereocenters. The van der Waals surface area contributed by atoms with Gasteiger partial charge < -0.3 is 9.88 Å². The lowest BCUT2D eigenvalue weighted by Gasteiger charge is -2.02. The molecule has 2 heterocycles. The average Bonchev–Trinajstić information content (AvgIpc) is 3.18. The Balaban J connectivity index is 1.45. The summed E-state index contributed by atoms with van der Waals surface area (Å²) in [6.07, 6.45) is 7.20. The molecule has 0 aliphatic rings. The van der Waals surface area contributed by atoms with Crippen molar-refractivity contribution in [3.05, 3.63) is 59.4 Å². The number of nitrogens with zero attached hydrogens (tertiary/aromatic N) is 4. The summed E-state index contributed by atoms with van der Waals surface area (Å²) >= 11 is 1.53. The number of nitrogens with one attached hydrogen (secondary N) is 1. The van der Waals surface area contributed by atoms with Gasteiger partial charge in [-0.25, -0.2) is 9.37 Å². The predicted octanol–water partition coefficient (Wildman–Crippen LogP) is 2.97. The molecule has 0 atom stereocenters. The average molecular weight is 317 g/mol. The molecule has 22 heavy (non-hydrogen) atoms. The van der Waals surface area contributed by atoms with Crippen LogP contribution in [0.3, 0.4) is 0 Å². The third-order valence-corrected chi connectivity index (χ3v) is 4.04. The predicted molar refractivity (Wildman–Crippen MR) is 84.4 cm³/mol. The molecule has 0 spiro atoms. The van der Waals surface area contributed by atoms with Gasteiger partial charge in [-0.15, -0.1) is 10.2 Å². The van der Waals surface area contributed by atoms with Crippen LogP contribution in [0.25, 0.3) is 0 Å². The van der Waals surface area contributed by atoms with Gasteiger partial charge in [-0.2, -0.15) is 0 Å². The Morgan fingerprint density at radius 2 is 2.05 bits per heavy atom. The fourth-order valence-corrected chi connectivity index (χ4v) is 2.85. The normalized spacial score (nSPS) is 10.8. The first-order valence-electron chi connectivity index (χ1n) is 7.06. The van der Waals surface area contributed by atoms with Gasteiger partial charge in [-0.05, 0) is 24.1 Å². The maximum absolute atomic E-state index is 12.9. The molecule has 1 N–H and O–H groups in total. The smallest absolute Gasteiger partial charge is 0.205 e. The fraction of sp³-hybridized carbons (Fsp3) is 0.267. The molecule has 5 nitrogen and oxygen atoms in total. The zero-order valence-corrected chi connectivity index (χ0v) is 12.8. The maximum Gasteiger partial charge on any atom is 0.205 e. The van der Waals surface area contributed by atoms with E-state index in [1.807, 2.05) is 17.1 Å². The van der Waals surface area contributed by atoms with Gasteiger partial charge in [-0.1, -0.05) is 23.5 Å². The highest BCUT2D eigenvalue weighted by Gasteiger charge is 2.05. The molecule has 0 saturated carbocycles. The van der Waals surface area contributed by atoms with Crippen molar-refractivity contribution in [1.29, 1.82) is 0 Å². The van der Waals surface area contributed by atoms with E-state index in [1.165, 1.54) is 23.5 Å². The first-order valence-corrected chi connectivity index (χ1v) is 7.88. The minimum atomic E-state index is -0.221. The molecule has 0 radical (unpaired) electrons. The number of hydrogen-bond donors (Lipinski definition) is 1. The van der Waals surface area contributed by atoms with Crippen LogP contribution in [0.5, 0.6) is 0 Å². The van der Waals surface area contributed by atoms with Crippen LogP contribution in [-0.4, -0.2) is 26.3 Å². The Morgan fingerprint density at radius 3 is 2.82 bits per heavy atom. The van der Waals surface area contributed by atoms with Crippen LogP contribution in [0.2, 0.25) is 0 Å². The molecule has 0 fully saturated rings. The lowest BCUT2D eigenvalue weighted by Crippen LogP contribution is -2.05. The largest absolute Gasteiger partial charge is 0.360 e. The quantitative estimate of drug-likeness (QED) is 0.681. The van der Waals surface area contributed by atoms with Crippen molar-refractivity contribution in [2.75, 3.05) is 11.9 Å². The Morgan fingerprint density at radius 1 is 1.18 bits per heavy atom. The summed E-state index contributed by atoms with van der Waals surface area (Å²) in [5.41, 5.74) is 1.03. The van der Waals surface area contributed by atoms with E-state index < -0.39 is 0 Å². The lowest BCUT2D eigenvalue weighted by atomic mass is 10.2. The number of benzene rings is 1. The van der Waals surface area contributed by atoms with Crippen molar-refractivity contribution in [3.63, 3.8) is 0 Å². The Labute approximate surface area is 131 Å². The van der Waals surface area contributed by atoms with E-state index in [0.717, 1.165) is 35.2 Å². The number of rotatable bonds is 7. The first-order chi connectivity index (χ1) is 10.8. The summed E-state index contributed by atoms with van der Waals surface area (Å²) in [4.78, 5) is 4.01. The van der Waals surface area contributed by atoms with Crippen LogP contribution in [-0.2, 0) is 13.0 Å². The molecule has 0 bridgehead atoms. The van der Waals surface area contributed by atoms with Gasteiger partial charge >= 0.3 is 0 Å². The number of anilines is 1. The van der Waals surface area contributed by atoms with Crippen molar-refractivity contribution in [2.45, 2.75) is 19.4 Å². The van der Waals surface area contributed by atoms with Crippen LogP contribution in [0.4, 0.5) is 9.52 Å². The molecule has 0 aliphatic heterocycles. The van der Waals surface area contributed by atoms with Crippen molar-refractivity contribution < 1.29 is 4.39 Å². The highest BCUT2D eigenvalue weighted by Crippen LogP contribution is 2.18. The van der Waals surface area contributed by atoms with Crippen LogP contribution in [0.15, 0.2) is 43.0 Å². The van der Waals surface area contributed by atoms with Gasteiger partial charge in [0.1, 0.15) is 10.8 Å². The second-order valence-electron chi connectivity index (χ2n) is 4.89. The molecule has 114 valence electrons. The standard InChI is InChI=1S/C15H16FN5S/c16-13-4-2-12(3-5-13)10-14-19-20-15(22-14)18-6-1-8-21-9-7-17-11-21/h2-5,7,9,11H,1,6,8,10H2,(H,18,20). The van der Waals surface area contributed by atoms with Gasteiger partial charge in [0, 0.05) is 31.9 Å². The Bertz CT molecular complexity index is 693. The molecule has 2 aromatic heterocycles. The SMILES string of the molecule is Fc1ccc(Cc2nnc(NCCCn3ccnc3)s2)cc1. The first kappa shape index (κ1) is 14.6. The summed E-state index contributed by atoms with van der Waals surface area (Å²) in [6.45, 7) is 1.76. The van der Waals surface area contributed by atoms with Gasteiger partial charge in [0.2, 0.25) is 5.13 Å². The minimum Gasteiger partial charge on any atom is -0.360 e. The molecule has 3 rings (SSSR count). The van der Waals surface area contributed by atoms with E-state index in [2.05, 4.69) is 20.5 Å². The van der Waals surface area contributed by atoms with E-state index in [0.29, 0.717) is 6.42 Å². The highest BCUT2D eigenvalue weighted by molar-refractivity contribution is 7.15. The van der Waals surface area contributed by atoms with E-state index in [1.54, 1.807) is 18.3 Å². The third kappa shape index (κ3) is 4.11. The molecule has 0 saturated heterocycles. The van der Waals surface area contributed by atoms with Crippen LogP contribution >= 0.6 is 11.3 Å². The lowest BCUT2D eigenvalue weighted by molar-refractivity contribution is 0.627. The number of halogens is 1. The number of aryl methyl sites for hydroxylation is 1. The van der Waals surface area contributed by atoms with Gasteiger partial charge in [0.25, 0.3) is 0 Å². The molecule has 0 aliphatic carbocycles. The molecular formula is C15H16FN5S. The second-order valence-corrected chi connectivity index (χ2v) is 5.95. The summed E-state index contributed by atoms with van der Waals surface area (Å²) < 4.78 is 14.9. The summed E-state index contributed by atoms with van der Waals surface area (Å²) in [6, 6.07) is 6.47. The van der Waals surface area contributed by atoms with E-state index in [4.69, 9.17) is 0 Å². The van der Waals surface area contributed by atoms with Crippen molar-refractivity contribution in [3.8, 4) is 0 Å². The third-order valence-electron chi connectivity index (χ3n) is 3.16. The van der Waals surface area contributed by atoms with Crippen molar-refractivity contribution in [2.24, 2.45) is 0 Å². The number of hydrogen-bond acceptors (Lipinski definition) is 5. The zero-order chi connectivity index (χ0) is 15.2. The summed E-state index contributed by atoms with van der Waals surface area (Å²) in [7, 11) is 0. The van der Waals surface area contributed by atoms with Crippen molar-refractivity contribution in [1.82, 2.24) is 19.7 Å². The summed E-state index contributed by atoms with van der Waals surface area (Å²) in [5, 5.41) is 13.3. The van der Waals surface area contributed by atoms with Crippen LogP contribution < -0.4 is 5.32 Å². The Kier molecular flexibility index (Phi) is 4.75. The molecule has 1 aromatic carbocycles. The molecular weight excluding hydrogens is 301 g/mol. The molecule has 7 heteroatoms. The minimum absolute atomic E-state index is 0.221. The van der Waals surface area contributed by atoms with Crippen LogP contribution in [0, 0.1) is 5.82 Å². The summed E-state index contributed by atoms with van der Waals surface area (Å²) in [5.74, 6) is -0.221. The number of aromatic nitrogens is 4. The van der Waals surface area contributed by atoms with Gasteiger partial charge in [0.15, 0.2) is 0 Å². The van der Waals surface area contributed by atoms with E-state index in [9.17, 15) is 4.39 Å². The van der Waals surface area contributed by atoms with Crippen molar-refractivity contribution >= 4 is 16.5 Å². The number of imidazole rings is 1. The Hall–Kier alpha value is -2.28. The maximum atomic E-state index is 12.9. The zero-order valence-electron chi connectivity index (χ0n) is 11.9. The topological polar surface area (TPSA) is 55.6 Å². The fourth-order valence-electron chi connectivity index (χ4n) is 2.05. The van der Waals surface area contributed by atoms with E-state index >= 15 is 0 Å². The van der Waals surface area contributed by atoms with Gasteiger partial charge in [0.05, 0.1) is 6.33 Å². The second kappa shape index (κ2) is 7.13. The van der Waals surface area contributed by atoms with Crippen LogP contribution in [0.1, 0.15) is 17.0 Å². The molecule has 3 aromatic rings. The van der Waals surface area contributed by atoms with E-state index in [-0.39, 0.29) is 5.82 Å². The monoisotopic (exact) mass is 317 g/mol.